The van der Waals surface area contributed by atoms with Gasteiger partial charge in [-0.2, -0.15) is 13.2 Å². The molecule has 0 aromatic heterocycles. The number of aromatic carboxylic acids is 1. The Morgan fingerprint density at radius 3 is 2.29 bits per heavy atom. The first kappa shape index (κ1) is 24.2. The topological polar surface area (TPSA) is 95.9 Å². The highest BCUT2D eigenvalue weighted by atomic mass is 32.2. The Morgan fingerprint density at radius 2 is 1.74 bits per heavy atom. The number of carboxylic acid groups (broad SMARTS) is 1. The molecule has 0 amide bonds. The highest BCUT2D eigenvalue weighted by Crippen LogP contribution is 2.42. The van der Waals surface area contributed by atoms with Crippen LogP contribution in [0.4, 0.5) is 24.5 Å². The number of halogens is 3. The Kier molecular flexibility index (Phi) is 6.41. The average Bonchev–Trinajstić information content (AvgIpc) is 3.21. The van der Waals surface area contributed by atoms with E-state index in [9.17, 15) is 31.5 Å². The van der Waals surface area contributed by atoms with E-state index < -0.39 is 32.6 Å². The number of fused-ring (bicyclic) bond motifs is 1. The number of rotatable bonds is 6. The molecule has 2 atom stereocenters. The van der Waals surface area contributed by atoms with Crippen LogP contribution in [-0.4, -0.2) is 39.7 Å². The first-order valence-corrected chi connectivity index (χ1v) is 12.4. The van der Waals surface area contributed by atoms with Crippen LogP contribution in [0.3, 0.4) is 0 Å². The van der Waals surface area contributed by atoms with Gasteiger partial charge >= 0.3 is 12.1 Å². The van der Waals surface area contributed by atoms with Crippen LogP contribution in [0.5, 0.6) is 5.75 Å². The number of alkyl halides is 3. The second kappa shape index (κ2) is 9.01. The van der Waals surface area contributed by atoms with Crippen LogP contribution in [0.25, 0.3) is 0 Å². The monoisotopic (exact) mass is 498 g/mol. The number of anilines is 2. The van der Waals surface area contributed by atoms with Gasteiger partial charge in [-0.15, -0.1) is 0 Å². The molecule has 184 valence electrons. The van der Waals surface area contributed by atoms with Crippen molar-refractivity contribution in [3.8, 4) is 5.75 Å². The fourth-order valence-electron chi connectivity index (χ4n) is 4.89. The molecule has 0 radical (unpaired) electrons. The number of benzene rings is 2. The van der Waals surface area contributed by atoms with Crippen LogP contribution < -0.4 is 14.4 Å². The van der Waals surface area contributed by atoms with Crippen molar-refractivity contribution in [2.45, 2.75) is 36.8 Å². The number of nitrogens with one attached hydrogen (secondary N) is 1. The van der Waals surface area contributed by atoms with Gasteiger partial charge in [0.2, 0.25) is 0 Å². The van der Waals surface area contributed by atoms with Gasteiger partial charge in [-0.25, -0.2) is 13.2 Å². The lowest BCUT2D eigenvalue weighted by atomic mass is 9.82. The molecule has 2 aliphatic rings. The third kappa shape index (κ3) is 4.79. The lowest BCUT2D eigenvalue weighted by Crippen LogP contribution is -2.23. The molecule has 11 heteroatoms. The van der Waals surface area contributed by atoms with Crippen molar-refractivity contribution in [2.24, 2.45) is 11.8 Å². The molecular weight excluding hydrogens is 473 g/mol. The van der Waals surface area contributed by atoms with Crippen LogP contribution in [-0.2, 0) is 16.2 Å². The van der Waals surface area contributed by atoms with Crippen LogP contribution in [0.2, 0.25) is 0 Å². The Labute approximate surface area is 195 Å². The molecule has 1 aliphatic heterocycles. The van der Waals surface area contributed by atoms with E-state index in [1.54, 1.807) is 0 Å². The second-order valence-corrected chi connectivity index (χ2v) is 10.4. The van der Waals surface area contributed by atoms with E-state index in [1.807, 2.05) is 4.90 Å². The highest BCUT2D eigenvalue weighted by molar-refractivity contribution is 7.92. The molecule has 2 aromatic carbocycles. The van der Waals surface area contributed by atoms with Crippen LogP contribution in [0.15, 0.2) is 41.3 Å². The summed E-state index contributed by atoms with van der Waals surface area (Å²) in [7, 11) is -3.27. The van der Waals surface area contributed by atoms with Gasteiger partial charge in [0.1, 0.15) is 10.6 Å². The minimum Gasteiger partial charge on any atom is -0.495 e. The summed E-state index contributed by atoms with van der Waals surface area (Å²) in [6.45, 7) is 1.28. The quantitative estimate of drug-likeness (QED) is 0.592. The molecule has 2 fully saturated rings. The molecular formula is C23H25F3N2O5S. The standard InChI is InChI=1S/C23H25F3N2O5S/c1-33-20-9-6-14(22(29)30)10-21(20)34(31,32)27-18-11-17(23(24,25)26)7-8-19(18)28-12-15-4-2-3-5-16(15)13-28/h6-11,15-16,27H,2-5,12-13H2,1H3,(H,29,30)/t15-,16+. The predicted molar refractivity (Wildman–Crippen MR) is 120 cm³/mol. The summed E-state index contributed by atoms with van der Waals surface area (Å²) in [6, 6.07) is 6.31. The Bertz CT molecular complexity index is 1190. The first-order chi connectivity index (χ1) is 16.0. The van der Waals surface area contributed by atoms with Gasteiger partial charge in [-0.05, 0) is 61.1 Å². The van der Waals surface area contributed by atoms with Gasteiger partial charge in [0.05, 0.1) is 29.6 Å². The predicted octanol–water partition coefficient (Wildman–Crippen LogP) is 4.84. The van der Waals surface area contributed by atoms with Gasteiger partial charge in [0, 0.05) is 13.1 Å². The fraction of sp³-hybridized carbons (Fsp3) is 0.435. The maximum absolute atomic E-state index is 13.5. The molecule has 0 bridgehead atoms. The van der Waals surface area contributed by atoms with Gasteiger partial charge in [0.25, 0.3) is 10.0 Å². The summed E-state index contributed by atoms with van der Waals surface area (Å²) in [6.07, 6.45) is -0.356. The van der Waals surface area contributed by atoms with E-state index in [-0.39, 0.29) is 17.0 Å². The number of carbonyl (C=O) groups is 1. The van der Waals surface area contributed by atoms with Gasteiger partial charge in [0.15, 0.2) is 0 Å². The molecule has 4 rings (SSSR count). The zero-order valence-electron chi connectivity index (χ0n) is 18.4. The summed E-state index contributed by atoms with van der Waals surface area (Å²) < 4.78 is 74.2. The number of nitrogens with zero attached hydrogens (tertiary/aromatic N) is 1. The summed E-state index contributed by atoms with van der Waals surface area (Å²) in [5.41, 5.74) is -1.14. The van der Waals surface area contributed by atoms with Crippen molar-refractivity contribution in [1.29, 1.82) is 0 Å². The largest absolute Gasteiger partial charge is 0.495 e. The third-order valence-corrected chi connectivity index (χ3v) is 7.97. The second-order valence-electron chi connectivity index (χ2n) is 8.72. The number of methoxy groups -OCH3 is 1. The van der Waals surface area contributed by atoms with Gasteiger partial charge in [-0.1, -0.05) is 12.8 Å². The lowest BCUT2D eigenvalue weighted by molar-refractivity contribution is -0.137. The number of hydrogen-bond acceptors (Lipinski definition) is 5. The molecule has 7 nitrogen and oxygen atoms in total. The van der Waals surface area contributed by atoms with Gasteiger partial charge < -0.3 is 14.7 Å². The van der Waals surface area contributed by atoms with Crippen molar-refractivity contribution < 1.29 is 36.2 Å². The fourth-order valence-corrected chi connectivity index (χ4v) is 6.15. The molecule has 1 heterocycles. The lowest BCUT2D eigenvalue weighted by Gasteiger charge is -2.24. The van der Waals surface area contributed by atoms with E-state index in [1.165, 1.54) is 25.3 Å². The average molecular weight is 499 g/mol. The number of carboxylic acids is 1. The van der Waals surface area contributed by atoms with E-state index in [4.69, 9.17) is 4.74 Å². The molecule has 34 heavy (non-hydrogen) atoms. The number of hydrogen-bond donors (Lipinski definition) is 2. The minimum atomic E-state index is -4.67. The number of sulfonamides is 1. The Hall–Kier alpha value is -2.95. The zero-order chi connectivity index (χ0) is 24.7. The van der Waals surface area contributed by atoms with Gasteiger partial charge in [-0.3, -0.25) is 4.72 Å². The molecule has 0 unspecified atom stereocenters. The number of ether oxygens (including phenoxy) is 1. The van der Waals surface area contributed by atoms with Crippen molar-refractivity contribution in [1.82, 2.24) is 0 Å². The zero-order valence-corrected chi connectivity index (χ0v) is 19.2. The minimum absolute atomic E-state index is 0.127. The Balaban J connectivity index is 1.75. The normalized spacial score (nSPS) is 20.6. The summed E-state index contributed by atoms with van der Waals surface area (Å²) >= 11 is 0. The van der Waals surface area contributed by atoms with Crippen LogP contribution in [0, 0.1) is 11.8 Å². The molecule has 1 aliphatic carbocycles. The molecule has 2 aromatic rings. The van der Waals surface area contributed by atoms with E-state index >= 15 is 0 Å². The van der Waals surface area contributed by atoms with Crippen molar-refractivity contribution >= 4 is 27.4 Å². The third-order valence-electron chi connectivity index (χ3n) is 6.59. The van der Waals surface area contributed by atoms with Crippen molar-refractivity contribution in [2.75, 3.05) is 29.8 Å². The molecule has 2 N–H and O–H groups in total. The first-order valence-electron chi connectivity index (χ1n) is 10.9. The Morgan fingerprint density at radius 1 is 1.09 bits per heavy atom. The van der Waals surface area contributed by atoms with E-state index in [0.717, 1.165) is 43.9 Å². The van der Waals surface area contributed by atoms with Crippen LogP contribution >= 0.6 is 0 Å². The van der Waals surface area contributed by atoms with Crippen LogP contribution in [0.1, 0.15) is 41.6 Å². The SMILES string of the molecule is COc1ccc(C(=O)O)cc1S(=O)(=O)Nc1cc(C(F)(F)F)ccc1N1C[C@H]2CCCC[C@H]2C1. The van der Waals surface area contributed by atoms with E-state index in [0.29, 0.717) is 30.6 Å². The highest BCUT2D eigenvalue weighted by Gasteiger charge is 2.37. The maximum Gasteiger partial charge on any atom is 0.416 e. The van der Waals surface area contributed by atoms with E-state index in [2.05, 4.69) is 4.72 Å². The summed E-state index contributed by atoms with van der Waals surface area (Å²) in [4.78, 5) is 12.8. The van der Waals surface area contributed by atoms with Crippen molar-refractivity contribution in [3.63, 3.8) is 0 Å². The smallest absolute Gasteiger partial charge is 0.416 e. The molecule has 1 saturated carbocycles. The molecule has 0 spiro atoms. The van der Waals surface area contributed by atoms with Crippen molar-refractivity contribution in [3.05, 3.63) is 47.5 Å². The summed E-state index contributed by atoms with van der Waals surface area (Å²) in [5, 5.41) is 9.26. The molecule has 1 saturated heterocycles. The summed E-state index contributed by atoms with van der Waals surface area (Å²) in [5.74, 6) is -0.627. The maximum atomic E-state index is 13.5.